The summed E-state index contributed by atoms with van der Waals surface area (Å²) in [4.78, 5) is 0. The maximum absolute atomic E-state index is 9.75. The number of pyridine rings is 1. The molecule has 0 spiro atoms. The molecule has 0 bridgehead atoms. The van der Waals surface area contributed by atoms with Crippen molar-refractivity contribution >= 4 is 17.2 Å². The van der Waals surface area contributed by atoms with Crippen molar-refractivity contribution < 1.29 is 5.11 Å². The number of halogens is 1. The average molecular weight is 260 g/mol. The molecule has 90 valence electrons. The maximum Gasteiger partial charge on any atom is 0.179 e. The van der Waals surface area contributed by atoms with Crippen LogP contribution in [-0.4, -0.2) is 19.7 Å². The summed E-state index contributed by atoms with van der Waals surface area (Å²) in [5, 5.41) is 18.5. The van der Waals surface area contributed by atoms with Crippen LogP contribution >= 0.6 is 11.6 Å². The molecule has 0 amide bonds. The fourth-order valence-electron chi connectivity index (χ4n) is 1.88. The predicted octanol–water partition coefficient (Wildman–Crippen LogP) is 2.68. The Hall–Kier alpha value is -2.07. The van der Waals surface area contributed by atoms with E-state index in [4.69, 9.17) is 11.6 Å². The highest BCUT2D eigenvalue weighted by Crippen LogP contribution is 2.21. The van der Waals surface area contributed by atoms with Gasteiger partial charge in [-0.25, -0.2) is 0 Å². The normalized spacial score (nSPS) is 10.9. The van der Waals surface area contributed by atoms with E-state index in [1.165, 1.54) is 0 Å². The number of rotatable bonds is 2. The topological polar surface area (TPSA) is 50.4 Å². The molecule has 0 aliphatic rings. The monoisotopic (exact) mass is 259 g/mol. The third kappa shape index (κ3) is 1.80. The van der Waals surface area contributed by atoms with Gasteiger partial charge in [0.1, 0.15) is 11.6 Å². The summed E-state index contributed by atoms with van der Waals surface area (Å²) in [7, 11) is 0. The van der Waals surface area contributed by atoms with Gasteiger partial charge in [-0.15, -0.1) is 10.2 Å². The van der Waals surface area contributed by atoms with E-state index in [0.29, 0.717) is 17.1 Å². The van der Waals surface area contributed by atoms with Crippen LogP contribution in [0.1, 0.15) is 11.4 Å². The number of benzene rings is 1. The number of phenolic OH excluding ortho intramolecular Hbond substituents is 1. The Morgan fingerprint density at radius 1 is 1.11 bits per heavy atom. The van der Waals surface area contributed by atoms with Crippen LogP contribution in [0.25, 0.3) is 5.65 Å². The Morgan fingerprint density at radius 3 is 2.78 bits per heavy atom. The molecule has 1 N–H and O–H groups in total. The van der Waals surface area contributed by atoms with Crippen LogP contribution < -0.4 is 0 Å². The Labute approximate surface area is 108 Å². The molecule has 0 aliphatic heterocycles. The van der Waals surface area contributed by atoms with Crippen molar-refractivity contribution in [3.63, 3.8) is 0 Å². The van der Waals surface area contributed by atoms with Gasteiger partial charge in [-0.3, -0.25) is 4.40 Å². The van der Waals surface area contributed by atoms with E-state index in [1.807, 2.05) is 28.8 Å². The van der Waals surface area contributed by atoms with Crippen LogP contribution in [-0.2, 0) is 6.42 Å². The molecule has 3 aromatic rings. The van der Waals surface area contributed by atoms with Crippen molar-refractivity contribution in [3.05, 3.63) is 59.0 Å². The van der Waals surface area contributed by atoms with Crippen LogP contribution in [0.2, 0.25) is 5.02 Å². The van der Waals surface area contributed by atoms with Gasteiger partial charge in [0.2, 0.25) is 0 Å². The Bertz CT molecular complexity index is 708. The highest BCUT2D eigenvalue weighted by atomic mass is 35.5. The molecule has 5 heteroatoms. The summed E-state index contributed by atoms with van der Waals surface area (Å²) in [6, 6.07) is 10.8. The van der Waals surface area contributed by atoms with Gasteiger partial charge >= 0.3 is 0 Å². The lowest BCUT2D eigenvalue weighted by Gasteiger charge is -2.03. The Balaban J connectivity index is 2.06. The summed E-state index contributed by atoms with van der Waals surface area (Å²) < 4.78 is 1.83. The number of hydrogen-bond acceptors (Lipinski definition) is 3. The van der Waals surface area contributed by atoms with Crippen LogP contribution in [0.15, 0.2) is 42.6 Å². The lowest BCUT2D eigenvalue weighted by molar-refractivity contribution is 0.469. The second-order valence-electron chi connectivity index (χ2n) is 3.97. The zero-order chi connectivity index (χ0) is 12.5. The van der Waals surface area contributed by atoms with Gasteiger partial charge in [0.15, 0.2) is 5.65 Å². The first-order chi connectivity index (χ1) is 8.75. The third-order valence-corrected chi connectivity index (χ3v) is 3.09. The number of fused-ring (bicyclic) bond motifs is 1. The number of para-hydroxylation sites is 1. The van der Waals surface area contributed by atoms with Crippen molar-refractivity contribution in [1.29, 1.82) is 0 Å². The van der Waals surface area contributed by atoms with E-state index in [0.717, 1.165) is 11.4 Å². The van der Waals surface area contributed by atoms with E-state index in [1.54, 1.807) is 18.2 Å². The number of nitrogens with zero attached hydrogens (tertiary/aromatic N) is 3. The van der Waals surface area contributed by atoms with Gasteiger partial charge in [0.25, 0.3) is 0 Å². The summed E-state index contributed by atoms with van der Waals surface area (Å²) in [6.45, 7) is 0. The zero-order valence-electron chi connectivity index (χ0n) is 9.42. The minimum absolute atomic E-state index is 0.260. The molecule has 0 saturated heterocycles. The Kier molecular flexibility index (Phi) is 2.64. The van der Waals surface area contributed by atoms with Gasteiger partial charge in [0.05, 0.1) is 5.02 Å². The van der Waals surface area contributed by atoms with E-state index < -0.39 is 0 Å². The highest BCUT2D eigenvalue weighted by molar-refractivity contribution is 6.33. The lowest BCUT2D eigenvalue weighted by atomic mass is 10.1. The first-order valence-electron chi connectivity index (χ1n) is 5.51. The quantitative estimate of drug-likeness (QED) is 0.770. The van der Waals surface area contributed by atoms with Gasteiger partial charge in [0, 0.05) is 18.2 Å². The van der Waals surface area contributed by atoms with Gasteiger partial charge < -0.3 is 5.11 Å². The van der Waals surface area contributed by atoms with Crippen molar-refractivity contribution in [1.82, 2.24) is 14.6 Å². The number of hydrogen-bond donors (Lipinski definition) is 1. The minimum atomic E-state index is 0.260. The van der Waals surface area contributed by atoms with Crippen LogP contribution in [0.3, 0.4) is 0 Å². The number of aromatic hydroxyl groups is 1. The molecule has 0 saturated carbocycles. The lowest BCUT2D eigenvalue weighted by Crippen LogP contribution is -1.96. The second kappa shape index (κ2) is 4.31. The van der Waals surface area contributed by atoms with Gasteiger partial charge in [-0.1, -0.05) is 29.8 Å². The fourth-order valence-corrected chi connectivity index (χ4v) is 2.08. The van der Waals surface area contributed by atoms with E-state index >= 15 is 0 Å². The van der Waals surface area contributed by atoms with Gasteiger partial charge in [-0.2, -0.15) is 0 Å². The summed E-state index contributed by atoms with van der Waals surface area (Å²) in [5.41, 5.74) is 1.44. The summed E-state index contributed by atoms with van der Waals surface area (Å²) >= 11 is 6.03. The highest BCUT2D eigenvalue weighted by Gasteiger charge is 2.10. The largest absolute Gasteiger partial charge is 0.508 e. The number of aromatic nitrogens is 3. The first kappa shape index (κ1) is 11.0. The molecule has 0 atom stereocenters. The SMILES string of the molecule is Oc1ccccc1Cc1nnc2c(Cl)cccn12. The van der Waals surface area contributed by atoms with Crippen LogP contribution in [0, 0.1) is 0 Å². The molecular formula is C13H10ClN3O. The molecule has 2 heterocycles. The molecule has 3 rings (SSSR count). The van der Waals surface area contributed by atoms with Crippen molar-refractivity contribution in [2.45, 2.75) is 6.42 Å². The Morgan fingerprint density at radius 2 is 1.94 bits per heavy atom. The van der Waals surface area contributed by atoms with Crippen molar-refractivity contribution in [2.75, 3.05) is 0 Å². The maximum atomic E-state index is 9.75. The zero-order valence-corrected chi connectivity index (χ0v) is 10.2. The van der Waals surface area contributed by atoms with Crippen molar-refractivity contribution in [2.24, 2.45) is 0 Å². The average Bonchev–Trinajstić information content (AvgIpc) is 2.77. The summed E-state index contributed by atoms with van der Waals surface area (Å²) in [6.07, 6.45) is 2.37. The molecule has 0 unspecified atom stereocenters. The van der Waals surface area contributed by atoms with Crippen LogP contribution in [0.4, 0.5) is 0 Å². The molecule has 4 nitrogen and oxygen atoms in total. The first-order valence-corrected chi connectivity index (χ1v) is 5.88. The molecule has 0 radical (unpaired) electrons. The standard InChI is InChI=1S/C13H10ClN3O/c14-10-5-3-7-17-12(15-16-13(10)17)8-9-4-1-2-6-11(9)18/h1-7,18H,8H2. The fraction of sp³-hybridized carbons (Fsp3) is 0.0769. The molecule has 2 aromatic heterocycles. The smallest absolute Gasteiger partial charge is 0.179 e. The summed E-state index contributed by atoms with van der Waals surface area (Å²) in [5.74, 6) is 1.00. The van der Waals surface area contributed by atoms with Gasteiger partial charge in [-0.05, 0) is 18.2 Å². The second-order valence-corrected chi connectivity index (χ2v) is 4.38. The number of phenols is 1. The molecule has 0 aliphatic carbocycles. The predicted molar refractivity (Wildman–Crippen MR) is 68.9 cm³/mol. The van der Waals surface area contributed by atoms with Crippen LogP contribution in [0.5, 0.6) is 5.75 Å². The molecular weight excluding hydrogens is 250 g/mol. The van der Waals surface area contributed by atoms with E-state index in [9.17, 15) is 5.11 Å². The molecule has 1 aromatic carbocycles. The molecule has 18 heavy (non-hydrogen) atoms. The van der Waals surface area contributed by atoms with E-state index in [2.05, 4.69) is 10.2 Å². The third-order valence-electron chi connectivity index (χ3n) is 2.80. The molecule has 0 fully saturated rings. The van der Waals surface area contributed by atoms with E-state index in [-0.39, 0.29) is 5.75 Å². The van der Waals surface area contributed by atoms with Crippen molar-refractivity contribution in [3.8, 4) is 5.75 Å². The minimum Gasteiger partial charge on any atom is -0.508 e.